The van der Waals surface area contributed by atoms with E-state index in [9.17, 15) is 18.0 Å². The summed E-state index contributed by atoms with van der Waals surface area (Å²) in [6.07, 6.45) is -3.32. The van der Waals surface area contributed by atoms with Gasteiger partial charge >= 0.3 is 12.1 Å². The molecule has 1 amide bonds. The number of rotatable bonds is 5. The zero-order chi connectivity index (χ0) is 26.5. The lowest BCUT2D eigenvalue weighted by Gasteiger charge is -2.32. The number of halogens is 3. The van der Waals surface area contributed by atoms with Crippen molar-refractivity contribution in [2.24, 2.45) is 0 Å². The van der Waals surface area contributed by atoms with E-state index >= 15 is 0 Å². The summed E-state index contributed by atoms with van der Waals surface area (Å²) in [5.41, 5.74) is 0.583. The molecule has 194 valence electrons. The number of thiocarbonyl (C=S) groups is 1. The first kappa shape index (κ1) is 27.2. The number of nitrogens with zero attached hydrogens (tertiary/aromatic N) is 1. The van der Waals surface area contributed by atoms with E-state index < -0.39 is 17.7 Å². The molecule has 0 spiro atoms. The van der Waals surface area contributed by atoms with Crippen LogP contribution < -0.4 is 20.1 Å². The molecule has 2 aromatic rings. The zero-order valence-electron chi connectivity index (χ0n) is 19.6. The Labute approximate surface area is 211 Å². The number of carbonyl (C=O) groups is 2. The van der Waals surface area contributed by atoms with E-state index in [1.54, 1.807) is 19.1 Å². The molecule has 2 saturated heterocycles. The monoisotopic (exact) mass is 525 g/mol. The molecule has 3 N–H and O–H groups in total. The summed E-state index contributed by atoms with van der Waals surface area (Å²) in [7, 11) is 3.25. The van der Waals surface area contributed by atoms with Crippen molar-refractivity contribution in [1.82, 2.24) is 15.5 Å². The molecule has 0 unspecified atom stereocenters. The van der Waals surface area contributed by atoms with Crippen LogP contribution in [0.25, 0.3) is 0 Å². The summed E-state index contributed by atoms with van der Waals surface area (Å²) in [5.74, 6) is -1.32. The third kappa shape index (κ3) is 5.54. The maximum Gasteiger partial charge on any atom is 0.490 e. The summed E-state index contributed by atoms with van der Waals surface area (Å²) >= 11 is 5.67. The fourth-order valence-corrected chi connectivity index (χ4v) is 4.57. The predicted molar refractivity (Wildman–Crippen MR) is 129 cm³/mol. The Bertz CT molecular complexity index is 1040. The van der Waals surface area contributed by atoms with E-state index in [4.69, 9.17) is 31.6 Å². The van der Waals surface area contributed by atoms with Gasteiger partial charge in [0.1, 0.15) is 11.5 Å². The Morgan fingerprint density at radius 3 is 1.78 bits per heavy atom. The van der Waals surface area contributed by atoms with Crippen LogP contribution in [0.2, 0.25) is 0 Å². The molecule has 0 aliphatic carbocycles. The molecule has 0 radical (unpaired) electrons. The van der Waals surface area contributed by atoms with Crippen molar-refractivity contribution < 1.29 is 37.3 Å². The number of amides is 1. The second-order valence-electron chi connectivity index (χ2n) is 8.10. The highest BCUT2D eigenvalue weighted by atomic mass is 32.1. The molecule has 2 heterocycles. The lowest BCUT2D eigenvalue weighted by molar-refractivity contribution is -0.192. The van der Waals surface area contributed by atoms with Crippen LogP contribution in [-0.4, -0.2) is 66.5 Å². The first-order valence-electron chi connectivity index (χ1n) is 11.0. The van der Waals surface area contributed by atoms with E-state index in [-0.39, 0.29) is 11.9 Å². The summed E-state index contributed by atoms with van der Waals surface area (Å²) in [5, 5.41) is 14.3. The molecule has 2 aromatic carbocycles. The SMILES string of the molecule is COc1ccc(C2(c3ccc(OC)cc3)NC(=S)N(C3CCNCC3)C2=O)cc1.O=C(O)C(F)(F)F. The smallest absolute Gasteiger partial charge is 0.490 e. The highest BCUT2D eigenvalue weighted by Gasteiger charge is 2.53. The third-order valence-electron chi connectivity index (χ3n) is 6.02. The Morgan fingerprint density at radius 1 is 1.00 bits per heavy atom. The second kappa shape index (κ2) is 11.1. The van der Waals surface area contributed by atoms with Crippen molar-refractivity contribution in [2.45, 2.75) is 30.6 Å². The molecule has 0 atom stereocenters. The molecule has 4 rings (SSSR count). The molecule has 12 heteroatoms. The largest absolute Gasteiger partial charge is 0.497 e. The van der Waals surface area contributed by atoms with Crippen LogP contribution in [0, 0.1) is 0 Å². The summed E-state index contributed by atoms with van der Waals surface area (Å²) in [6, 6.07) is 15.2. The van der Waals surface area contributed by atoms with Crippen LogP contribution >= 0.6 is 12.2 Å². The number of carboxylic acid groups (broad SMARTS) is 1. The summed E-state index contributed by atoms with van der Waals surface area (Å²) in [4.78, 5) is 24.6. The quantitative estimate of drug-likeness (QED) is 0.513. The van der Waals surface area contributed by atoms with Crippen molar-refractivity contribution >= 4 is 29.2 Å². The Kier molecular flexibility index (Phi) is 8.41. The Morgan fingerprint density at radius 2 is 1.42 bits per heavy atom. The van der Waals surface area contributed by atoms with E-state index in [1.807, 2.05) is 48.5 Å². The summed E-state index contributed by atoms with van der Waals surface area (Å²) in [6.45, 7) is 1.77. The van der Waals surface area contributed by atoms with Gasteiger partial charge in [0.2, 0.25) is 0 Å². The van der Waals surface area contributed by atoms with Crippen LogP contribution in [0.5, 0.6) is 11.5 Å². The fourth-order valence-electron chi connectivity index (χ4n) is 4.18. The summed E-state index contributed by atoms with van der Waals surface area (Å²) < 4.78 is 42.3. The molecule has 2 aliphatic rings. The molecule has 0 bridgehead atoms. The fraction of sp³-hybridized carbons (Fsp3) is 0.375. The standard InChI is InChI=1S/C22H25N3O3S.C2HF3O2/c1-27-18-7-3-15(4-8-18)22(16-5-9-19(28-2)10-6-16)20(26)25(21(29)24-22)17-11-13-23-14-12-17;3-2(4,5)1(6)7/h3-10,17,23H,11-14H2,1-2H3,(H,24,29);(H,6,7). The maximum atomic E-state index is 13.9. The van der Waals surface area contributed by atoms with Crippen LogP contribution in [0.1, 0.15) is 24.0 Å². The van der Waals surface area contributed by atoms with E-state index in [2.05, 4.69) is 10.6 Å². The van der Waals surface area contributed by atoms with Gasteiger partial charge in [0.15, 0.2) is 10.7 Å². The van der Waals surface area contributed by atoms with Gasteiger partial charge in [-0.15, -0.1) is 0 Å². The van der Waals surface area contributed by atoms with E-state index in [0.717, 1.165) is 48.6 Å². The van der Waals surface area contributed by atoms with Gasteiger partial charge in [-0.3, -0.25) is 9.69 Å². The number of ether oxygens (including phenoxy) is 2. The number of aliphatic carboxylic acids is 1. The van der Waals surface area contributed by atoms with Crippen LogP contribution in [-0.2, 0) is 15.1 Å². The van der Waals surface area contributed by atoms with Crippen LogP contribution in [0.3, 0.4) is 0 Å². The average Bonchev–Trinajstić information content (AvgIpc) is 3.15. The lowest BCUT2D eigenvalue weighted by atomic mass is 9.82. The van der Waals surface area contributed by atoms with Gasteiger partial charge in [-0.05, 0) is 73.5 Å². The molecule has 0 saturated carbocycles. The molecular formula is C24H26F3N3O5S. The maximum absolute atomic E-state index is 13.9. The molecule has 8 nitrogen and oxygen atoms in total. The molecule has 2 fully saturated rings. The number of piperidine rings is 1. The Hall–Kier alpha value is -3.38. The molecule has 0 aromatic heterocycles. The van der Waals surface area contributed by atoms with Gasteiger partial charge in [0, 0.05) is 6.04 Å². The van der Waals surface area contributed by atoms with Gasteiger partial charge in [0.25, 0.3) is 5.91 Å². The van der Waals surface area contributed by atoms with E-state index in [0.29, 0.717) is 5.11 Å². The third-order valence-corrected chi connectivity index (χ3v) is 6.31. The normalized spacial score (nSPS) is 17.6. The van der Waals surface area contributed by atoms with Gasteiger partial charge in [0.05, 0.1) is 14.2 Å². The number of hydrogen-bond acceptors (Lipinski definition) is 6. The van der Waals surface area contributed by atoms with Crippen molar-refractivity contribution in [2.75, 3.05) is 27.3 Å². The van der Waals surface area contributed by atoms with Crippen molar-refractivity contribution in [3.63, 3.8) is 0 Å². The molecule has 2 aliphatic heterocycles. The average molecular weight is 526 g/mol. The Balaban J connectivity index is 0.000000454. The number of benzene rings is 2. The predicted octanol–water partition coefficient (Wildman–Crippen LogP) is 3.05. The van der Waals surface area contributed by atoms with E-state index in [1.165, 1.54) is 0 Å². The van der Waals surface area contributed by atoms with Gasteiger partial charge in [-0.2, -0.15) is 13.2 Å². The topological polar surface area (TPSA) is 100 Å². The first-order valence-corrected chi connectivity index (χ1v) is 11.4. The van der Waals surface area contributed by atoms with Gasteiger partial charge < -0.3 is 25.2 Å². The number of methoxy groups -OCH3 is 2. The highest BCUT2D eigenvalue weighted by molar-refractivity contribution is 7.80. The highest BCUT2D eigenvalue weighted by Crippen LogP contribution is 2.39. The number of carboxylic acids is 1. The van der Waals surface area contributed by atoms with Crippen molar-refractivity contribution in [3.05, 3.63) is 59.7 Å². The minimum atomic E-state index is -5.08. The van der Waals surface area contributed by atoms with Gasteiger partial charge in [-0.25, -0.2) is 4.79 Å². The number of hydrogen-bond donors (Lipinski definition) is 3. The molecular weight excluding hydrogens is 499 g/mol. The number of alkyl halides is 3. The molecule has 36 heavy (non-hydrogen) atoms. The van der Waals surface area contributed by atoms with Crippen LogP contribution in [0.15, 0.2) is 48.5 Å². The van der Waals surface area contributed by atoms with Crippen molar-refractivity contribution in [3.8, 4) is 11.5 Å². The van der Waals surface area contributed by atoms with Gasteiger partial charge in [-0.1, -0.05) is 24.3 Å². The number of carbonyl (C=O) groups excluding carboxylic acids is 1. The van der Waals surface area contributed by atoms with Crippen LogP contribution in [0.4, 0.5) is 13.2 Å². The lowest BCUT2D eigenvalue weighted by Crippen LogP contribution is -2.48. The van der Waals surface area contributed by atoms with Crippen molar-refractivity contribution in [1.29, 1.82) is 0 Å². The second-order valence-corrected chi connectivity index (χ2v) is 8.48. The minimum Gasteiger partial charge on any atom is -0.497 e. The number of nitrogens with one attached hydrogen (secondary N) is 2. The minimum absolute atomic E-state index is 0.0373. The zero-order valence-corrected chi connectivity index (χ0v) is 20.4. The first-order chi connectivity index (χ1) is 17.0.